The molecule has 1 heteroatoms. The second-order valence-electron chi connectivity index (χ2n) is 3.45. The van der Waals surface area contributed by atoms with E-state index in [4.69, 9.17) is 5.73 Å². The van der Waals surface area contributed by atoms with Crippen molar-refractivity contribution in [1.82, 2.24) is 0 Å². The van der Waals surface area contributed by atoms with Crippen molar-refractivity contribution in [3.63, 3.8) is 0 Å². The Balaban J connectivity index is -0.0000000740. The normalized spacial score (nSPS) is 9.27. The Kier molecular flexibility index (Phi) is 15.5. The van der Waals surface area contributed by atoms with Gasteiger partial charge in [-0.05, 0) is 24.8 Å². The van der Waals surface area contributed by atoms with Crippen molar-refractivity contribution in [2.45, 2.75) is 54.9 Å². The summed E-state index contributed by atoms with van der Waals surface area (Å²) in [6, 6.07) is 0. The zero-order valence-corrected chi connectivity index (χ0v) is 8.20. The first kappa shape index (κ1) is 17.2. The van der Waals surface area contributed by atoms with Crippen molar-refractivity contribution in [2.24, 2.45) is 11.1 Å². The van der Waals surface area contributed by atoms with Crippen LogP contribution in [0.25, 0.3) is 0 Å². The minimum atomic E-state index is 0. The lowest BCUT2D eigenvalue weighted by atomic mass is 9.91. The van der Waals surface area contributed by atoms with Crippen LogP contribution in [-0.2, 0) is 0 Å². The molecule has 1 nitrogen and oxygen atoms in total. The molecule has 0 spiro atoms. The Bertz CT molecular complexity index is 57.3. The second-order valence-corrected chi connectivity index (χ2v) is 3.45. The predicted octanol–water partition coefficient (Wildman–Crippen LogP) is 3.68. The summed E-state index contributed by atoms with van der Waals surface area (Å²) >= 11 is 0. The summed E-state index contributed by atoms with van der Waals surface area (Å²) < 4.78 is 0. The quantitative estimate of drug-likeness (QED) is 0.660. The molecule has 0 aliphatic rings. The molecule has 0 aromatic carbocycles. The van der Waals surface area contributed by atoms with Crippen LogP contribution in [0.3, 0.4) is 0 Å². The van der Waals surface area contributed by atoms with Crippen molar-refractivity contribution < 1.29 is 1.43 Å². The van der Waals surface area contributed by atoms with E-state index in [0.717, 1.165) is 13.0 Å². The van der Waals surface area contributed by atoms with Gasteiger partial charge in [0, 0.05) is 1.43 Å². The molecular formula is C10H29N. The van der Waals surface area contributed by atoms with Gasteiger partial charge in [-0.1, -0.05) is 42.0 Å². The third-order valence-corrected chi connectivity index (χ3v) is 1.13. The predicted molar refractivity (Wildman–Crippen MR) is 57.9 cm³/mol. The Morgan fingerprint density at radius 3 is 1.64 bits per heavy atom. The average Bonchev–Trinajstić information content (AvgIpc) is 1.87. The van der Waals surface area contributed by atoms with E-state index in [-0.39, 0.29) is 8.85 Å². The summed E-state index contributed by atoms with van der Waals surface area (Å²) in [4.78, 5) is 0. The highest BCUT2D eigenvalue weighted by atomic mass is 14.5. The summed E-state index contributed by atoms with van der Waals surface area (Å²) in [6.07, 6.45) is 2.40. The van der Waals surface area contributed by atoms with Crippen molar-refractivity contribution in [2.75, 3.05) is 6.54 Å². The van der Waals surface area contributed by atoms with Crippen molar-refractivity contribution in [3.05, 3.63) is 0 Å². The fraction of sp³-hybridized carbons (Fsp3) is 1.00. The highest BCUT2D eigenvalue weighted by Gasteiger charge is 2.07. The smallest absolute Gasteiger partial charge is 0 e. The fourth-order valence-electron chi connectivity index (χ4n) is 0.632. The molecule has 0 saturated carbocycles. The first-order valence-electron chi connectivity index (χ1n) is 4.26. The Morgan fingerprint density at radius 2 is 1.55 bits per heavy atom. The minimum absolute atomic E-state index is 0. The monoisotopic (exact) mass is 163 g/mol. The van der Waals surface area contributed by atoms with E-state index in [1.807, 2.05) is 13.8 Å². The van der Waals surface area contributed by atoms with Gasteiger partial charge in [0.1, 0.15) is 0 Å². The highest BCUT2D eigenvalue weighted by Crippen LogP contribution is 2.19. The van der Waals surface area contributed by atoms with Crippen LogP contribution in [0, 0.1) is 5.41 Å². The number of hydrogen-bond donors (Lipinski definition) is 1. The molecular weight excluding hydrogens is 134 g/mol. The third-order valence-electron chi connectivity index (χ3n) is 1.13. The standard InChI is InChI=1S/C7H17N.C2H6.CH4.H2/c1-7(2,3)5-4-6-8;1-2;;/h4-6,8H2,1-3H3;1-2H3;1H4;1H. The van der Waals surface area contributed by atoms with Crippen LogP contribution in [0.1, 0.15) is 56.3 Å². The number of hydrogen-bond acceptors (Lipinski definition) is 1. The SMILES string of the molecule is C.CC.CC(C)(C)CCCN.[HH]. The molecule has 0 saturated heterocycles. The molecule has 0 aromatic rings. The van der Waals surface area contributed by atoms with E-state index in [1.54, 1.807) is 0 Å². The molecule has 0 unspecified atom stereocenters. The van der Waals surface area contributed by atoms with Gasteiger partial charge in [-0.2, -0.15) is 0 Å². The van der Waals surface area contributed by atoms with Crippen LogP contribution in [0.2, 0.25) is 0 Å². The third kappa shape index (κ3) is 25.7. The van der Waals surface area contributed by atoms with Crippen LogP contribution in [0.5, 0.6) is 0 Å². The molecule has 2 N–H and O–H groups in total. The molecule has 0 aliphatic carbocycles. The lowest BCUT2D eigenvalue weighted by Gasteiger charge is -2.16. The molecule has 0 aliphatic heterocycles. The maximum absolute atomic E-state index is 5.34. The Labute approximate surface area is 74.9 Å². The van der Waals surface area contributed by atoms with E-state index in [0.29, 0.717) is 5.41 Å². The molecule has 0 aromatic heterocycles. The van der Waals surface area contributed by atoms with Crippen LogP contribution in [0.4, 0.5) is 0 Å². The molecule has 74 valence electrons. The van der Waals surface area contributed by atoms with Gasteiger partial charge in [0.2, 0.25) is 0 Å². The second kappa shape index (κ2) is 9.96. The van der Waals surface area contributed by atoms with Gasteiger partial charge in [-0.3, -0.25) is 0 Å². The van der Waals surface area contributed by atoms with Gasteiger partial charge >= 0.3 is 0 Å². The topological polar surface area (TPSA) is 26.0 Å². The molecule has 0 atom stereocenters. The molecule has 0 bridgehead atoms. The summed E-state index contributed by atoms with van der Waals surface area (Å²) in [7, 11) is 0. The molecule has 0 amide bonds. The first-order valence-corrected chi connectivity index (χ1v) is 4.26. The number of nitrogens with two attached hydrogens (primary N) is 1. The van der Waals surface area contributed by atoms with Crippen LogP contribution in [0.15, 0.2) is 0 Å². The Hall–Kier alpha value is -0.0400. The van der Waals surface area contributed by atoms with Crippen molar-refractivity contribution in [1.29, 1.82) is 0 Å². The van der Waals surface area contributed by atoms with E-state index >= 15 is 0 Å². The average molecular weight is 163 g/mol. The van der Waals surface area contributed by atoms with Crippen LogP contribution in [-0.4, -0.2) is 6.54 Å². The molecule has 0 fully saturated rings. The number of rotatable bonds is 2. The zero-order valence-electron chi connectivity index (χ0n) is 8.20. The zero-order chi connectivity index (χ0) is 8.62. The molecule has 0 heterocycles. The van der Waals surface area contributed by atoms with Gasteiger partial charge in [-0.25, -0.2) is 0 Å². The Morgan fingerprint density at radius 1 is 1.18 bits per heavy atom. The summed E-state index contributed by atoms with van der Waals surface area (Å²) in [5, 5.41) is 0. The van der Waals surface area contributed by atoms with Crippen molar-refractivity contribution in [3.8, 4) is 0 Å². The minimum Gasteiger partial charge on any atom is -0.330 e. The van der Waals surface area contributed by atoms with E-state index in [1.165, 1.54) is 6.42 Å². The summed E-state index contributed by atoms with van der Waals surface area (Å²) in [5.74, 6) is 0. The lowest BCUT2D eigenvalue weighted by Crippen LogP contribution is -2.08. The molecule has 0 rings (SSSR count). The van der Waals surface area contributed by atoms with Crippen LogP contribution >= 0.6 is 0 Å². The van der Waals surface area contributed by atoms with Crippen LogP contribution < -0.4 is 5.73 Å². The van der Waals surface area contributed by atoms with Gasteiger partial charge in [0.05, 0.1) is 0 Å². The van der Waals surface area contributed by atoms with E-state index < -0.39 is 0 Å². The molecule has 0 radical (unpaired) electrons. The maximum Gasteiger partial charge on any atom is 0 e. The van der Waals surface area contributed by atoms with Gasteiger partial charge < -0.3 is 5.73 Å². The highest BCUT2D eigenvalue weighted by molar-refractivity contribution is 4.60. The maximum atomic E-state index is 5.34. The first-order chi connectivity index (χ1) is 4.56. The fourth-order valence-corrected chi connectivity index (χ4v) is 0.632. The summed E-state index contributed by atoms with van der Waals surface area (Å²) in [6.45, 7) is 11.5. The van der Waals surface area contributed by atoms with Crippen molar-refractivity contribution >= 4 is 0 Å². The van der Waals surface area contributed by atoms with Gasteiger partial charge in [0.25, 0.3) is 0 Å². The van der Waals surface area contributed by atoms with E-state index in [9.17, 15) is 0 Å². The summed E-state index contributed by atoms with van der Waals surface area (Å²) in [5.41, 5.74) is 5.81. The largest absolute Gasteiger partial charge is 0.330 e. The lowest BCUT2D eigenvalue weighted by molar-refractivity contribution is 0.368. The van der Waals surface area contributed by atoms with E-state index in [2.05, 4.69) is 20.8 Å². The van der Waals surface area contributed by atoms with Gasteiger partial charge in [0.15, 0.2) is 0 Å². The molecule has 11 heavy (non-hydrogen) atoms. The van der Waals surface area contributed by atoms with Gasteiger partial charge in [-0.15, -0.1) is 0 Å².